The molecule has 13 heteroatoms. The fourth-order valence-electron chi connectivity index (χ4n) is 8.03. The number of fused-ring (bicyclic) bond motifs is 3. The lowest BCUT2D eigenvalue weighted by Gasteiger charge is -2.52. The number of hydrogen-bond acceptors (Lipinski definition) is 11. The number of phenols is 1. The van der Waals surface area contributed by atoms with E-state index in [1.165, 1.54) is 17.9 Å². The molecule has 2 amide bonds. The minimum atomic E-state index is -2.75. The average Bonchev–Trinajstić information content (AvgIpc) is 3.31. The third-order valence-corrected chi connectivity index (χ3v) is 9.63. The van der Waals surface area contributed by atoms with Crippen LogP contribution in [0.1, 0.15) is 41.3 Å². The van der Waals surface area contributed by atoms with Gasteiger partial charge in [-0.05, 0) is 56.5 Å². The summed E-state index contributed by atoms with van der Waals surface area (Å²) in [5.41, 5.74) is 4.65. The number of nitrogens with two attached hydrogens (primary N) is 1. The molecule has 0 aromatic heterocycles. The number of likely N-dealkylation sites (tertiary alicyclic amines) is 1. The number of Topliss-reactive ketones (excluding diaryl/α,β-unsaturated/α-hetero) is 4. The molecule has 0 spiro atoms. The summed E-state index contributed by atoms with van der Waals surface area (Å²) in [6.07, 6.45) is 0.963. The van der Waals surface area contributed by atoms with Crippen molar-refractivity contribution in [2.75, 3.05) is 46.2 Å². The first-order valence-electron chi connectivity index (χ1n) is 14.5. The van der Waals surface area contributed by atoms with Crippen LogP contribution in [0.25, 0.3) is 0 Å². The smallest absolute Gasteiger partial charge is 0.235 e. The Balaban J connectivity index is 1.56. The van der Waals surface area contributed by atoms with Gasteiger partial charge in [0.25, 0.3) is 0 Å². The van der Waals surface area contributed by atoms with Gasteiger partial charge in [-0.2, -0.15) is 0 Å². The van der Waals surface area contributed by atoms with Crippen molar-refractivity contribution in [3.05, 3.63) is 22.8 Å². The molecule has 1 aliphatic heterocycles. The normalized spacial score (nSPS) is 32.3. The van der Waals surface area contributed by atoms with Gasteiger partial charge in [0.15, 0.2) is 34.7 Å². The van der Waals surface area contributed by atoms with Crippen molar-refractivity contribution >= 4 is 40.6 Å². The van der Waals surface area contributed by atoms with Crippen LogP contribution in [-0.2, 0) is 36.9 Å². The maximum Gasteiger partial charge on any atom is 0.235 e. The van der Waals surface area contributed by atoms with E-state index in [2.05, 4.69) is 10.2 Å². The molecule has 2 unspecified atom stereocenters. The van der Waals surface area contributed by atoms with E-state index < -0.39 is 64.4 Å². The van der Waals surface area contributed by atoms with Gasteiger partial charge in [-0.15, -0.1) is 0 Å². The Bertz CT molecular complexity index is 1440. The number of benzene rings is 1. The highest BCUT2D eigenvalue weighted by Gasteiger charge is 2.69. The zero-order valence-corrected chi connectivity index (χ0v) is 25.0. The number of rotatable bonds is 6. The van der Waals surface area contributed by atoms with E-state index in [-0.39, 0.29) is 36.1 Å². The van der Waals surface area contributed by atoms with Crippen molar-refractivity contribution in [1.29, 1.82) is 0 Å². The molecule has 1 saturated heterocycles. The second kappa shape index (κ2) is 10.8. The Morgan fingerprint density at radius 1 is 1.14 bits per heavy atom. The summed E-state index contributed by atoms with van der Waals surface area (Å²) < 4.78 is 0. The molecular formula is C30H39N5O8. The van der Waals surface area contributed by atoms with Crippen LogP contribution in [0.4, 0.5) is 5.69 Å². The number of amides is 2. The molecule has 1 heterocycles. The highest BCUT2D eigenvalue weighted by molar-refractivity contribution is 6.32. The van der Waals surface area contributed by atoms with Crippen LogP contribution >= 0.6 is 0 Å². The molecule has 1 aromatic rings. The number of ketones is 4. The second-order valence-corrected chi connectivity index (χ2v) is 12.9. The number of hydrogen-bond donors (Lipinski definition) is 4. The number of nitrogens with one attached hydrogen (secondary N) is 1. The number of primary amides is 1. The van der Waals surface area contributed by atoms with Gasteiger partial charge in [0.1, 0.15) is 5.75 Å². The van der Waals surface area contributed by atoms with Crippen molar-refractivity contribution in [2.24, 2.45) is 29.4 Å². The van der Waals surface area contributed by atoms with Gasteiger partial charge in [0, 0.05) is 58.3 Å². The highest BCUT2D eigenvalue weighted by Crippen LogP contribution is 2.52. The molecule has 0 radical (unpaired) electrons. The predicted octanol–water partition coefficient (Wildman–Crippen LogP) is -1.36. The molecule has 7 atom stereocenters. The second-order valence-electron chi connectivity index (χ2n) is 12.9. The van der Waals surface area contributed by atoms with Crippen LogP contribution in [0.15, 0.2) is 6.07 Å². The van der Waals surface area contributed by atoms with E-state index in [0.717, 1.165) is 24.2 Å². The molecule has 43 heavy (non-hydrogen) atoms. The minimum absolute atomic E-state index is 0.00766. The third kappa shape index (κ3) is 4.74. The lowest BCUT2D eigenvalue weighted by atomic mass is 9.52. The number of phenolic OH excluding ortho intramolecular Hbond substituents is 1. The Labute approximate surface area is 249 Å². The van der Waals surface area contributed by atoms with Crippen LogP contribution < -0.4 is 16.0 Å². The van der Waals surface area contributed by atoms with Crippen LogP contribution in [0.5, 0.6) is 5.75 Å². The van der Waals surface area contributed by atoms with E-state index >= 15 is 0 Å². The van der Waals surface area contributed by atoms with Crippen molar-refractivity contribution < 1.29 is 39.0 Å². The van der Waals surface area contributed by atoms with Gasteiger partial charge >= 0.3 is 0 Å². The summed E-state index contributed by atoms with van der Waals surface area (Å²) in [5.74, 6) is -10.8. The summed E-state index contributed by atoms with van der Waals surface area (Å²) in [7, 11) is 6.76. The van der Waals surface area contributed by atoms with Crippen LogP contribution in [-0.4, -0.2) is 114 Å². The van der Waals surface area contributed by atoms with Crippen molar-refractivity contribution in [2.45, 2.75) is 50.4 Å². The molecule has 1 aromatic carbocycles. The maximum absolute atomic E-state index is 14.0. The Kier molecular flexibility index (Phi) is 7.72. The van der Waals surface area contributed by atoms with Crippen LogP contribution in [0.2, 0.25) is 0 Å². The molecule has 4 aliphatic rings. The third-order valence-electron chi connectivity index (χ3n) is 9.63. The van der Waals surface area contributed by atoms with E-state index in [1.807, 2.05) is 19.0 Å². The number of likely N-dealkylation sites (N-methyl/N-ethyl adjacent to an activating group) is 1. The van der Waals surface area contributed by atoms with Gasteiger partial charge < -0.3 is 26.2 Å². The zero-order valence-electron chi connectivity index (χ0n) is 25.0. The van der Waals surface area contributed by atoms with E-state index in [0.29, 0.717) is 18.7 Å². The van der Waals surface area contributed by atoms with Crippen LogP contribution in [0, 0.1) is 23.7 Å². The monoisotopic (exact) mass is 597 g/mol. The fourth-order valence-corrected chi connectivity index (χ4v) is 8.03. The number of aliphatic hydroxyl groups is 1. The summed E-state index contributed by atoms with van der Waals surface area (Å²) in [4.78, 5) is 84.0. The molecule has 5 N–H and O–H groups in total. The Morgan fingerprint density at radius 3 is 2.40 bits per heavy atom. The van der Waals surface area contributed by atoms with Crippen molar-refractivity contribution in [3.63, 3.8) is 0 Å². The quantitative estimate of drug-likeness (QED) is 0.283. The zero-order chi connectivity index (χ0) is 31.7. The summed E-state index contributed by atoms with van der Waals surface area (Å²) in [6, 6.07) is 0.375. The summed E-state index contributed by atoms with van der Waals surface area (Å²) in [5, 5.41) is 25.9. The number of carbonyl (C=O) groups is 6. The molecule has 0 bridgehead atoms. The minimum Gasteiger partial charge on any atom is -0.507 e. The van der Waals surface area contributed by atoms with Gasteiger partial charge in [0.05, 0.1) is 17.5 Å². The lowest BCUT2D eigenvalue weighted by molar-refractivity contribution is -0.181. The molecule has 2 saturated carbocycles. The standard InChI is InChI=1S/C30H39N5O8/c1-13(36)32-16-6-7-35(12-16)11-15-10-19(37)21-17(23(15)33(2)3)8-14-9-18-24(34(4)5)26(39)22(29(31)42)28(41)30(18,43)27(40)20(14)25(21)38/h10,14,16,18,20,22,24,37,43H,6-9,11-12H2,1-5H3,(H2,31,42)(H,32,36)/t14-,16+,18-,20?,22?,24-,30-/m0/s1. The topological polar surface area (TPSA) is 191 Å². The first kappa shape index (κ1) is 30.8. The van der Waals surface area contributed by atoms with Crippen molar-refractivity contribution in [3.8, 4) is 5.75 Å². The van der Waals surface area contributed by atoms with E-state index in [9.17, 15) is 39.0 Å². The molecule has 3 aliphatic carbocycles. The molecule has 5 rings (SSSR count). The molecule has 13 nitrogen and oxygen atoms in total. The average molecular weight is 598 g/mol. The van der Waals surface area contributed by atoms with Crippen molar-refractivity contribution in [1.82, 2.24) is 15.1 Å². The summed E-state index contributed by atoms with van der Waals surface area (Å²) in [6.45, 7) is 3.29. The van der Waals surface area contributed by atoms with E-state index in [4.69, 9.17) is 5.73 Å². The first-order chi connectivity index (χ1) is 20.1. The number of carbonyl (C=O) groups excluding carboxylic acids is 6. The lowest BCUT2D eigenvalue weighted by Crippen LogP contribution is -2.74. The highest BCUT2D eigenvalue weighted by atomic mass is 16.3. The SMILES string of the molecule is CC(=O)N[C@@H]1CCN(Cc2cc(O)c3c(c2N(C)C)C[C@H]2C[C@H]4[C@H](N(C)C)C(=O)C(C(N)=O)C(=O)[C@@]4(O)C(=O)C2C3=O)C1. The van der Waals surface area contributed by atoms with Gasteiger partial charge in [0.2, 0.25) is 11.8 Å². The summed E-state index contributed by atoms with van der Waals surface area (Å²) >= 11 is 0. The first-order valence-corrected chi connectivity index (χ1v) is 14.5. The van der Waals surface area contributed by atoms with Gasteiger partial charge in [-0.25, -0.2) is 0 Å². The fraction of sp³-hybridized carbons (Fsp3) is 0.600. The number of anilines is 1. The largest absolute Gasteiger partial charge is 0.507 e. The Hall–Kier alpha value is -3.68. The van der Waals surface area contributed by atoms with E-state index in [1.54, 1.807) is 14.1 Å². The number of nitrogens with zero attached hydrogens (tertiary/aromatic N) is 3. The molecule has 232 valence electrons. The number of aromatic hydroxyl groups is 1. The Morgan fingerprint density at radius 2 is 1.81 bits per heavy atom. The van der Waals surface area contributed by atoms with Crippen LogP contribution in [0.3, 0.4) is 0 Å². The predicted molar refractivity (Wildman–Crippen MR) is 153 cm³/mol. The maximum atomic E-state index is 14.0. The van der Waals surface area contributed by atoms with Gasteiger partial charge in [-0.1, -0.05) is 0 Å². The molecular weight excluding hydrogens is 558 g/mol. The molecule has 3 fully saturated rings. The van der Waals surface area contributed by atoms with Gasteiger partial charge in [-0.3, -0.25) is 38.6 Å².